The Labute approximate surface area is 88.9 Å². The van der Waals surface area contributed by atoms with E-state index < -0.39 is 5.97 Å². The lowest BCUT2D eigenvalue weighted by Gasteiger charge is -2.14. The van der Waals surface area contributed by atoms with Gasteiger partial charge < -0.3 is 9.67 Å². The van der Waals surface area contributed by atoms with Crippen LogP contribution in [0.2, 0.25) is 0 Å². The van der Waals surface area contributed by atoms with Crippen molar-refractivity contribution in [2.45, 2.75) is 44.6 Å². The van der Waals surface area contributed by atoms with E-state index >= 15 is 0 Å². The van der Waals surface area contributed by atoms with Crippen LogP contribution < -0.4 is 0 Å². The lowest BCUT2D eigenvalue weighted by Crippen LogP contribution is -2.05. The van der Waals surface area contributed by atoms with Crippen molar-refractivity contribution in [2.24, 2.45) is 0 Å². The number of hydrogen-bond acceptors (Lipinski definition) is 2. The van der Waals surface area contributed by atoms with Crippen LogP contribution in [0.1, 0.15) is 55.1 Å². The summed E-state index contributed by atoms with van der Waals surface area (Å²) in [6, 6.07) is 0.452. The zero-order valence-corrected chi connectivity index (χ0v) is 8.72. The fraction of sp³-hybridized carbons (Fsp3) is 0.636. The van der Waals surface area contributed by atoms with Crippen LogP contribution in [0.15, 0.2) is 12.5 Å². The topological polar surface area (TPSA) is 55.1 Å². The zero-order valence-electron chi connectivity index (χ0n) is 8.72. The molecule has 2 rings (SSSR count). The van der Waals surface area contributed by atoms with Crippen molar-refractivity contribution in [2.75, 3.05) is 0 Å². The SMILES string of the molecule is O=C(O)c1cn(C2CCCCCC2)cn1. The van der Waals surface area contributed by atoms with Crippen molar-refractivity contribution in [1.29, 1.82) is 0 Å². The molecule has 1 aliphatic rings. The monoisotopic (exact) mass is 208 g/mol. The summed E-state index contributed by atoms with van der Waals surface area (Å²) in [6.45, 7) is 0. The molecule has 1 aromatic heterocycles. The predicted molar refractivity (Wildman–Crippen MR) is 55.9 cm³/mol. The van der Waals surface area contributed by atoms with Gasteiger partial charge in [0.05, 0.1) is 6.33 Å². The molecule has 15 heavy (non-hydrogen) atoms. The normalized spacial score (nSPS) is 18.7. The molecule has 1 aromatic rings. The summed E-state index contributed by atoms with van der Waals surface area (Å²) in [5.74, 6) is -0.942. The Hall–Kier alpha value is -1.32. The number of carboxylic acid groups (broad SMARTS) is 1. The molecule has 82 valence electrons. The van der Waals surface area contributed by atoms with Crippen LogP contribution in [0.25, 0.3) is 0 Å². The number of aromatic carboxylic acids is 1. The van der Waals surface area contributed by atoms with Crippen LogP contribution in [0.3, 0.4) is 0 Å². The third kappa shape index (κ3) is 2.37. The molecule has 1 N–H and O–H groups in total. The lowest BCUT2D eigenvalue weighted by molar-refractivity contribution is 0.0691. The van der Waals surface area contributed by atoms with Crippen LogP contribution >= 0.6 is 0 Å². The summed E-state index contributed by atoms with van der Waals surface area (Å²) in [6.07, 6.45) is 10.7. The van der Waals surface area contributed by atoms with E-state index in [-0.39, 0.29) is 5.69 Å². The second kappa shape index (κ2) is 4.47. The van der Waals surface area contributed by atoms with E-state index in [0.717, 1.165) is 12.8 Å². The van der Waals surface area contributed by atoms with E-state index in [2.05, 4.69) is 4.98 Å². The first-order valence-electron chi connectivity index (χ1n) is 5.54. The Balaban J connectivity index is 2.10. The quantitative estimate of drug-likeness (QED) is 0.759. The van der Waals surface area contributed by atoms with Gasteiger partial charge in [-0.2, -0.15) is 0 Å². The van der Waals surface area contributed by atoms with Crippen LogP contribution in [-0.4, -0.2) is 20.6 Å². The molecule has 0 saturated heterocycles. The number of imidazole rings is 1. The van der Waals surface area contributed by atoms with Crippen LogP contribution in [0.4, 0.5) is 0 Å². The zero-order chi connectivity index (χ0) is 10.7. The van der Waals surface area contributed by atoms with Gasteiger partial charge in [-0.1, -0.05) is 25.7 Å². The van der Waals surface area contributed by atoms with Gasteiger partial charge in [0.1, 0.15) is 0 Å². The number of rotatable bonds is 2. The van der Waals surface area contributed by atoms with E-state index in [1.54, 1.807) is 12.5 Å². The molecular weight excluding hydrogens is 192 g/mol. The highest BCUT2D eigenvalue weighted by atomic mass is 16.4. The third-order valence-electron chi connectivity index (χ3n) is 3.07. The Bertz CT molecular complexity index is 338. The van der Waals surface area contributed by atoms with Crippen molar-refractivity contribution >= 4 is 5.97 Å². The van der Waals surface area contributed by atoms with Crippen molar-refractivity contribution in [3.8, 4) is 0 Å². The number of aromatic nitrogens is 2. The molecule has 4 nitrogen and oxygen atoms in total. The smallest absolute Gasteiger partial charge is 0.356 e. The summed E-state index contributed by atoms with van der Waals surface area (Å²) < 4.78 is 1.97. The van der Waals surface area contributed by atoms with Gasteiger partial charge in [-0.15, -0.1) is 0 Å². The minimum absolute atomic E-state index is 0.152. The van der Waals surface area contributed by atoms with Gasteiger partial charge in [0.15, 0.2) is 5.69 Å². The first-order chi connectivity index (χ1) is 7.27. The molecule has 1 fully saturated rings. The summed E-state index contributed by atoms with van der Waals surface area (Å²) in [5, 5.41) is 8.78. The van der Waals surface area contributed by atoms with Gasteiger partial charge in [0.2, 0.25) is 0 Å². The number of nitrogens with zero attached hydrogens (tertiary/aromatic N) is 2. The van der Waals surface area contributed by atoms with E-state index in [0.29, 0.717) is 6.04 Å². The number of hydrogen-bond donors (Lipinski definition) is 1. The third-order valence-corrected chi connectivity index (χ3v) is 3.07. The number of carboxylic acids is 1. The highest BCUT2D eigenvalue weighted by Gasteiger charge is 2.15. The molecule has 0 atom stereocenters. The maximum Gasteiger partial charge on any atom is 0.356 e. The molecule has 0 radical (unpaired) electrons. The fourth-order valence-electron chi connectivity index (χ4n) is 2.20. The van der Waals surface area contributed by atoms with Gasteiger partial charge in [-0.05, 0) is 12.8 Å². The molecule has 0 aliphatic heterocycles. The second-order valence-corrected chi connectivity index (χ2v) is 4.16. The molecule has 1 saturated carbocycles. The fourth-order valence-corrected chi connectivity index (χ4v) is 2.20. The number of carbonyl (C=O) groups is 1. The highest BCUT2D eigenvalue weighted by molar-refractivity contribution is 5.84. The van der Waals surface area contributed by atoms with Crippen LogP contribution in [-0.2, 0) is 0 Å². The molecule has 4 heteroatoms. The molecule has 1 aliphatic carbocycles. The van der Waals surface area contributed by atoms with Gasteiger partial charge in [0.25, 0.3) is 0 Å². The van der Waals surface area contributed by atoms with Gasteiger partial charge in [-0.3, -0.25) is 0 Å². The van der Waals surface area contributed by atoms with Crippen molar-refractivity contribution in [1.82, 2.24) is 9.55 Å². The minimum atomic E-state index is -0.942. The molecule has 0 spiro atoms. The first kappa shape index (κ1) is 10.2. The van der Waals surface area contributed by atoms with Crippen LogP contribution in [0.5, 0.6) is 0 Å². The Morgan fingerprint density at radius 3 is 2.53 bits per heavy atom. The maximum atomic E-state index is 10.7. The standard InChI is InChI=1S/C11H16N2O2/c14-11(15)10-7-13(8-12-10)9-5-3-1-2-4-6-9/h7-9H,1-6H2,(H,14,15). The Morgan fingerprint density at radius 2 is 2.00 bits per heavy atom. The Kier molecular flexibility index (Phi) is 3.04. The summed E-state index contributed by atoms with van der Waals surface area (Å²) in [4.78, 5) is 14.6. The average molecular weight is 208 g/mol. The predicted octanol–water partition coefficient (Wildman–Crippen LogP) is 2.48. The van der Waals surface area contributed by atoms with E-state index in [4.69, 9.17) is 5.11 Å². The van der Waals surface area contributed by atoms with Crippen molar-refractivity contribution in [3.05, 3.63) is 18.2 Å². The van der Waals surface area contributed by atoms with Gasteiger partial charge >= 0.3 is 5.97 Å². The minimum Gasteiger partial charge on any atom is -0.476 e. The average Bonchev–Trinajstić information content (AvgIpc) is 2.55. The highest BCUT2D eigenvalue weighted by Crippen LogP contribution is 2.26. The van der Waals surface area contributed by atoms with Crippen LogP contribution in [0, 0.1) is 0 Å². The summed E-state index contributed by atoms with van der Waals surface area (Å²) in [7, 11) is 0. The van der Waals surface area contributed by atoms with Crippen molar-refractivity contribution < 1.29 is 9.90 Å². The Morgan fingerprint density at radius 1 is 1.33 bits per heavy atom. The molecular formula is C11H16N2O2. The molecule has 0 amide bonds. The summed E-state index contributed by atoms with van der Waals surface area (Å²) in [5.41, 5.74) is 0.152. The molecule has 0 aromatic carbocycles. The second-order valence-electron chi connectivity index (χ2n) is 4.16. The van der Waals surface area contributed by atoms with Crippen molar-refractivity contribution in [3.63, 3.8) is 0 Å². The summed E-state index contributed by atoms with van der Waals surface area (Å²) >= 11 is 0. The molecule has 0 bridgehead atoms. The molecule has 0 unspecified atom stereocenters. The van der Waals surface area contributed by atoms with Gasteiger partial charge in [0, 0.05) is 12.2 Å². The first-order valence-corrected chi connectivity index (χ1v) is 5.54. The van der Waals surface area contributed by atoms with E-state index in [1.807, 2.05) is 4.57 Å². The maximum absolute atomic E-state index is 10.7. The van der Waals surface area contributed by atoms with E-state index in [9.17, 15) is 4.79 Å². The molecule has 1 heterocycles. The largest absolute Gasteiger partial charge is 0.476 e. The lowest BCUT2D eigenvalue weighted by atomic mass is 10.1. The van der Waals surface area contributed by atoms with Gasteiger partial charge in [-0.25, -0.2) is 9.78 Å². The van der Waals surface area contributed by atoms with E-state index in [1.165, 1.54) is 25.7 Å².